The lowest BCUT2D eigenvalue weighted by molar-refractivity contribution is -0.119. The number of carbonyl (C=O) groups is 1. The highest BCUT2D eigenvalue weighted by atomic mass is 16.1. The van der Waals surface area contributed by atoms with E-state index in [1.54, 1.807) is 0 Å². The van der Waals surface area contributed by atoms with Gasteiger partial charge in [0.25, 0.3) is 0 Å². The van der Waals surface area contributed by atoms with E-state index in [0.29, 0.717) is 6.54 Å². The SMILES string of the molecule is CC(N)CN(C=O)C1c2ccccc2CCc2ccccc21. The van der Waals surface area contributed by atoms with Gasteiger partial charge in [-0.25, -0.2) is 0 Å². The van der Waals surface area contributed by atoms with E-state index in [1.165, 1.54) is 22.3 Å². The van der Waals surface area contributed by atoms with Crippen LogP contribution >= 0.6 is 0 Å². The first-order chi connectivity index (χ1) is 10.7. The second kappa shape index (κ2) is 6.32. The van der Waals surface area contributed by atoms with Crippen LogP contribution in [0.4, 0.5) is 0 Å². The lowest BCUT2D eigenvalue weighted by Crippen LogP contribution is -2.38. The summed E-state index contributed by atoms with van der Waals surface area (Å²) in [6, 6.07) is 16.8. The van der Waals surface area contributed by atoms with E-state index in [9.17, 15) is 4.79 Å². The molecule has 1 amide bonds. The van der Waals surface area contributed by atoms with Crippen molar-refractivity contribution in [1.82, 2.24) is 4.90 Å². The molecule has 1 unspecified atom stereocenters. The van der Waals surface area contributed by atoms with Gasteiger partial charge in [-0.2, -0.15) is 0 Å². The fourth-order valence-electron chi connectivity index (χ4n) is 3.39. The van der Waals surface area contributed by atoms with Crippen LogP contribution < -0.4 is 5.73 Å². The van der Waals surface area contributed by atoms with Crippen LogP contribution in [-0.4, -0.2) is 23.9 Å². The summed E-state index contributed by atoms with van der Waals surface area (Å²) in [5.41, 5.74) is 11.0. The second-order valence-electron chi connectivity index (χ2n) is 6.08. The number of carbonyl (C=O) groups excluding carboxylic acids is 1. The maximum atomic E-state index is 11.7. The number of nitrogens with zero attached hydrogens (tertiary/aromatic N) is 1. The molecular weight excluding hydrogens is 272 g/mol. The Kier molecular flexibility index (Phi) is 4.25. The molecule has 0 heterocycles. The van der Waals surface area contributed by atoms with Gasteiger partial charge in [-0.05, 0) is 42.0 Å². The maximum absolute atomic E-state index is 11.7. The summed E-state index contributed by atoms with van der Waals surface area (Å²) in [5, 5.41) is 0. The number of rotatable bonds is 4. The van der Waals surface area contributed by atoms with Gasteiger partial charge in [-0.15, -0.1) is 0 Å². The van der Waals surface area contributed by atoms with Gasteiger partial charge in [0.15, 0.2) is 0 Å². The normalized spacial score (nSPS) is 15.4. The minimum atomic E-state index is -0.0484. The quantitative estimate of drug-likeness (QED) is 0.881. The summed E-state index contributed by atoms with van der Waals surface area (Å²) >= 11 is 0. The lowest BCUT2D eigenvalue weighted by atomic mass is 9.93. The molecule has 3 heteroatoms. The van der Waals surface area contributed by atoms with Crippen LogP contribution in [0.5, 0.6) is 0 Å². The van der Waals surface area contributed by atoms with Crippen LogP contribution in [0.2, 0.25) is 0 Å². The van der Waals surface area contributed by atoms with Gasteiger partial charge in [0.05, 0.1) is 6.04 Å². The summed E-state index contributed by atoms with van der Waals surface area (Å²) in [7, 11) is 0. The molecule has 0 aliphatic heterocycles. The summed E-state index contributed by atoms with van der Waals surface area (Å²) < 4.78 is 0. The van der Waals surface area contributed by atoms with Gasteiger partial charge in [0.1, 0.15) is 0 Å². The van der Waals surface area contributed by atoms with Crippen molar-refractivity contribution >= 4 is 6.41 Å². The molecule has 1 atom stereocenters. The molecule has 2 aromatic carbocycles. The smallest absolute Gasteiger partial charge is 0.210 e. The molecule has 0 radical (unpaired) electrons. The van der Waals surface area contributed by atoms with Crippen LogP contribution in [-0.2, 0) is 17.6 Å². The minimum Gasteiger partial charge on any atom is -0.333 e. The zero-order valence-electron chi connectivity index (χ0n) is 12.9. The topological polar surface area (TPSA) is 46.3 Å². The number of fused-ring (bicyclic) bond motifs is 2. The predicted molar refractivity (Wildman–Crippen MR) is 88.6 cm³/mol. The van der Waals surface area contributed by atoms with Crippen molar-refractivity contribution in [3.05, 3.63) is 70.8 Å². The number of benzene rings is 2. The van der Waals surface area contributed by atoms with Gasteiger partial charge in [-0.1, -0.05) is 48.5 Å². The lowest BCUT2D eigenvalue weighted by Gasteiger charge is -2.31. The number of nitrogens with two attached hydrogens (primary N) is 1. The third-order valence-corrected chi connectivity index (χ3v) is 4.33. The van der Waals surface area contributed by atoms with E-state index in [2.05, 4.69) is 48.5 Å². The predicted octanol–water partition coefficient (Wildman–Crippen LogP) is 2.68. The van der Waals surface area contributed by atoms with Crippen molar-refractivity contribution in [2.45, 2.75) is 31.8 Å². The van der Waals surface area contributed by atoms with Crippen molar-refractivity contribution < 1.29 is 4.79 Å². The number of aryl methyl sites for hydroxylation is 2. The van der Waals surface area contributed by atoms with E-state index < -0.39 is 0 Å². The van der Waals surface area contributed by atoms with Crippen molar-refractivity contribution in [3.63, 3.8) is 0 Å². The first kappa shape index (κ1) is 14.8. The molecule has 0 saturated carbocycles. The molecule has 0 saturated heterocycles. The van der Waals surface area contributed by atoms with Gasteiger partial charge in [-0.3, -0.25) is 4.79 Å². The van der Waals surface area contributed by atoms with Crippen molar-refractivity contribution in [2.75, 3.05) is 6.54 Å². The molecule has 114 valence electrons. The minimum absolute atomic E-state index is 0.0431. The second-order valence-corrected chi connectivity index (χ2v) is 6.08. The molecule has 22 heavy (non-hydrogen) atoms. The van der Waals surface area contributed by atoms with Crippen LogP contribution in [0.25, 0.3) is 0 Å². The third kappa shape index (κ3) is 2.77. The number of amides is 1. The monoisotopic (exact) mass is 294 g/mol. The van der Waals surface area contributed by atoms with Crippen LogP contribution in [0.15, 0.2) is 48.5 Å². The highest BCUT2D eigenvalue weighted by Crippen LogP contribution is 2.36. The molecule has 1 aliphatic carbocycles. The van der Waals surface area contributed by atoms with Crippen molar-refractivity contribution in [2.24, 2.45) is 5.73 Å². The Balaban J connectivity index is 2.15. The van der Waals surface area contributed by atoms with Crippen molar-refractivity contribution in [3.8, 4) is 0 Å². The highest BCUT2D eigenvalue weighted by Gasteiger charge is 2.28. The fraction of sp³-hybridized carbons (Fsp3) is 0.316. The fourth-order valence-corrected chi connectivity index (χ4v) is 3.39. The largest absolute Gasteiger partial charge is 0.333 e. The summed E-state index contributed by atoms with van der Waals surface area (Å²) in [6.45, 7) is 2.49. The molecule has 1 aliphatic rings. The van der Waals surface area contributed by atoms with Crippen LogP contribution in [0, 0.1) is 0 Å². The Bertz CT molecular complexity index is 618. The van der Waals surface area contributed by atoms with Gasteiger partial charge >= 0.3 is 0 Å². The zero-order chi connectivity index (χ0) is 15.5. The Labute approximate surface area is 131 Å². The molecular formula is C19H22N2O. The van der Waals surface area contributed by atoms with E-state index in [4.69, 9.17) is 5.73 Å². The molecule has 3 nitrogen and oxygen atoms in total. The summed E-state index contributed by atoms with van der Waals surface area (Å²) in [6.07, 6.45) is 2.95. The van der Waals surface area contributed by atoms with Crippen molar-refractivity contribution in [1.29, 1.82) is 0 Å². The molecule has 2 aromatic rings. The average molecular weight is 294 g/mol. The first-order valence-electron chi connectivity index (χ1n) is 7.83. The Morgan fingerprint density at radius 1 is 1.09 bits per heavy atom. The number of hydrogen-bond acceptors (Lipinski definition) is 2. The van der Waals surface area contributed by atoms with E-state index in [1.807, 2.05) is 11.8 Å². The Hall–Kier alpha value is -2.13. The Morgan fingerprint density at radius 2 is 1.59 bits per heavy atom. The van der Waals surface area contributed by atoms with Gasteiger partial charge < -0.3 is 10.6 Å². The maximum Gasteiger partial charge on any atom is 0.210 e. The Morgan fingerprint density at radius 3 is 2.05 bits per heavy atom. The van der Waals surface area contributed by atoms with Crippen LogP contribution in [0.3, 0.4) is 0 Å². The highest BCUT2D eigenvalue weighted by molar-refractivity contribution is 5.54. The molecule has 2 N–H and O–H groups in total. The molecule has 0 bridgehead atoms. The van der Waals surface area contributed by atoms with Gasteiger partial charge in [0, 0.05) is 12.6 Å². The van der Waals surface area contributed by atoms with E-state index >= 15 is 0 Å². The molecule has 0 aromatic heterocycles. The average Bonchev–Trinajstić information content (AvgIpc) is 2.69. The third-order valence-electron chi connectivity index (χ3n) is 4.33. The van der Waals surface area contributed by atoms with E-state index in [0.717, 1.165) is 19.3 Å². The van der Waals surface area contributed by atoms with Crippen LogP contribution in [0.1, 0.15) is 35.2 Å². The summed E-state index contributed by atoms with van der Waals surface area (Å²) in [5.74, 6) is 0. The molecule has 0 spiro atoms. The molecule has 0 fully saturated rings. The first-order valence-corrected chi connectivity index (χ1v) is 7.83. The zero-order valence-corrected chi connectivity index (χ0v) is 12.9. The summed E-state index contributed by atoms with van der Waals surface area (Å²) in [4.78, 5) is 13.6. The number of hydrogen-bond donors (Lipinski definition) is 1. The standard InChI is InChI=1S/C19H22N2O/c1-14(20)12-21(13-22)19-17-8-4-2-6-15(17)10-11-16-7-3-5-9-18(16)19/h2-9,13-14,19H,10-12,20H2,1H3. The van der Waals surface area contributed by atoms with Gasteiger partial charge in [0.2, 0.25) is 6.41 Å². The molecule has 3 rings (SSSR count). The van der Waals surface area contributed by atoms with E-state index in [-0.39, 0.29) is 12.1 Å².